The fraction of sp³-hybridized carbons (Fsp3) is 0.588. The minimum Gasteiger partial charge on any atom is -0.352 e. The number of rotatable bonds is 5. The average molecular weight is 338 g/mol. The third-order valence-electron chi connectivity index (χ3n) is 4.17. The topological polar surface area (TPSA) is 66.5 Å². The van der Waals surface area contributed by atoms with Gasteiger partial charge in [0.15, 0.2) is 0 Å². The highest BCUT2D eigenvalue weighted by Gasteiger charge is 2.28. The van der Waals surface area contributed by atoms with Crippen molar-refractivity contribution in [3.8, 4) is 0 Å². The van der Waals surface area contributed by atoms with Crippen molar-refractivity contribution in [2.75, 3.05) is 19.6 Å². The molecule has 1 aromatic rings. The van der Waals surface area contributed by atoms with Crippen LogP contribution in [-0.4, -0.2) is 38.3 Å². The molecule has 1 aliphatic heterocycles. The van der Waals surface area contributed by atoms with Gasteiger partial charge in [0, 0.05) is 25.2 Å². The predicted molar refractivity (Wildman–Crippen MR) is 90.8 cm³/mol. The number of sulfonamides is 1. The molecule has 1 saturated heterocycles. The van der Waals surface area contributed by atoms with Crippen molar-refractivity contribution in [1.82, 2.24) is 9.62 Å². The summed E-state index contributed by atoms with van der Waals surface area (Å²) in [6.45, 7) is 7.93. The lowest BCUT2D eigenvalue weighted by Gasteiger charge is -2.29. The first-order valence-electron chi connectivity index (χ1n) is 8.19. The van der Waals surface area contributed by atoms with Gasteiger partial charge in [0.2, 0.25) is 10.0 Å². The normalized spacial score (nSPS) is 17.4. The molecule has 0 aromatic heterocycles. The van der Waals surface area contributed by atoms with E-state index in [-0.39, 0.29) is 10.8 Å². The maximum absolute atomic E-state index is 12.6. The van der Waals surface area contributed by atoms with Crippen LogP contribution in [-0.2, 0) is 10.0 Å². The summed E-state index contributed by atoms with van der Waals surface area (Å²) >= 11 is 0. The van der Waals surface area contributed by atoms with E-state index < -0.39 is 10.0 Å². The molecule has 1 amide bonds. The molecule has 1 fully saturated rings. The average Bonchev–Trinajstić information content (AvgIpc) is 2.53. The molecule has 0 unspecified atom stereocenters. The van der Waals surface area contributed by atoms with Gasteiger partial charge in [0.05, 0.1) is 4.90 Å². The molecule has 128 valence electrons. The lowest BCUT2D eigenvalue weighted by Crippen LogP contribution is -2.37. The number of benzene rings is 1. The third-order valence-corrected chi connectivity index (χ3v) is 6.08. The molecule has 1 aliphatic rings. The van der Waals surface area contributed by atoms with E-state index >= 15 is 0 Å². The van der Waals surface area contributed by atoms with Crippen molar-refractivity contribution in [2.45, 2.75) is 38.5 Å². The number of carbonyl (C=O) groups excluding carboxylic acids is 1. The minimum absolute atomic E-state index is 0.172. The van der Waals surface area contributed by atoms with Crippen molar-refractivity contribution in [3.05, 3.63) is 29.8 Å². The van der Waals surface area contributed by atoms with Crippen LogP contribution in [0.25, 0.3) is 0 Å². The molecule has 0 atom stereocenters. The van der Waals surface area contributed by atoms with Gasteiger partial charge in [-0.2, -0.15) is 4.31 Å². The van der Waals surface area contributed by atoms with Crippen LogP contribution < -0.4 is 5.32 Å². The van der Waals surface area contributed by atoms with Crippen LogP contribution in [0.4, 0.5) is 0 Å². The molecule has 5 nitrogen and oxygen atoms in total. The molecule has 1 N–H and O–H groups in total. The maximum atomic E-state index is 12.6. The highest BCUT2D eigenvalue weighted by molar-refractivity contribution is 7.89. The van der Waals surface area contributed by atoms with Gasteiger partial charge >= 0.3 is 0 Å². The summed E-state index contributed by atoms with van der Waals surface area (Å²) in [7, 11) is -3.45. The van der Waals surface area contributed by atoms with Gasteiger partial charge in [-0.05, 0) is 48.9 Å². The summed E-state index contributed by atoms with van der Waals surface area (Å²) in [5.74, 6) is 0.781. The Morgan fingerprint density at radius 2 is 1.78 bits per heavy atom. The first-order chi connectivity index (χ1) is 10.8. The van der Waals surface area contributed by atoms with Crippen molar-refractivity contribution in [1.29, 1.82) is 0 Å². The third kappa shape index (κ3) is 4.54. The maximum Gasteiger partial charge on any atom is 0.251 e. The van der Waals surface area contributed by atoms with E-state index in [0.717, 1.165) is 12.8 Å². The standard InChI is InChI=1S/C17H26N2O3S/c1-13(2)12-18-17(20)15-4-6-16(7-5-15)23(21,22)19-10-8-14(3)9-11-19/h4-7,13-14H,8-12H2,1-3H3,(H,18,20). The zero-order valence-corrected chi connectivity index (χ0v) is 14.9. The summed E-state index contributed by atoms with van der Waals surface area (Å²) in [6, 6.07) is 6.21. The molecule has 0 aliphatic carbocycles. The Bertz CT molecular complexity index is 630. The summed E-state index contributed by atoms with van der Waals surface area (Å²) in [4.78, 5) is 12.2. The first kappa shape index (κ1) is 17.9. The number of piperidine rings is 1. The van der Waals surface area contributed by atoms with Crippen LogP contribution in [0, 0.1) is 11.8 Å². The largest absolute Gasteiger partial charge is 0.352 e. The van der Waals surface area contributed by atoms with Gasteiger partial charge in [-0.25, -0.2) is 8.42 Å². The summed E-state index contributed by atoms with van der Waals surface area (Å²) in [5, 5.41) is 2.83. The monoisotopic (exact) mass is 338 g/mol. The zero-order chi connectivity index (χ0) is 17.0. The van der Waals surface area contributed by atoms with E-state index in [4.69, 9.17) is 0 Å². The molecule has 2 rings (SSSR count). The van der Waals surface area contributed by atoms with E-state index in [1.807, 2.05) is 13.8 Å². The molecule has 6 heteroatoms. The van der Waals surface area contributed by atoms with Crippen LogP contribution >= 0.6 is 0 Å². The number of amides is 1. The Balaban J connectivity index is 2.08. The number of carbonyl (C=O) groups is 1. The van der Waals surface area contributed by atoms with E-state index in [1.165, 1.54) is 12.1 Å². The Morgan fingerprint density at radius 3 is 2.30 bits per heavy atom. The van der Waals surface area contributed by atoms with Crippen LogP contribution in [0.3, 0.4) is 0 Å². The van der Waals surface area contributed by atoms with Gasteiger partial charge in [-0.1, -0.05) is 20.8 Å². The van der Waals surface area contributed by atoms with E-state index in [0.29, 0.717) is 37.0 Å². The van der Waals surface area contributed by atoms with Gasteiger partial charge in [-0.3, -0.25) is 4.79 Å². The Hall–Kier alpha value is -1.40. The second-order valence-electron chi connectivity index (χ2n) is 6.71. The summed E-state index contributed by atoms with van der Waals surface area (Å²) < 4.78 is 26.8. The first-order valence-corrected chi connectivity index (χ1v) is 9.63. The van der Waals surface area contributed by atoms with Crippen LogP contribution in [0.5, 0.6) is 0 Å². The highest BCUT2D eigenvalue weighted by atomic mass is 32.2. The van der Waals surface area contributed by atoms with Gasteiger partial charge < -0.3 is 5.32 Å². The lowest BCUT2D eigenvalue weighted by molar-refractivity contribution is 0.0949. The number of nitrogens with one attached hydrogen (secondary N) is 1. The van der Waals surface area contributed by atoms with E-state index in [1.54, 1.807) is 16.4 Å². The molecule has 0 radical (unpaired) electrons. The smallest absolute Gasteiger partial charge is 0.251 e. The quantitative estimate of drug-likeness (QED) is 0.897. The number of nitrogens with zero attached hydrogens (tertiary/aromatic N) is 1. The number of hydrogen-bond acceptors (Lipinski definition) is 3. The fourth-order valence-corrected chi connectivity index (χ4v) is 4.02. The molecule has 0 bridgehead atoms. The molecule has 23 heavy (non-hydrogen) atoms. The van der Waals surface area contributed by atoms with Crippen molar-refractivity contribution >= 4 is 15.9 Å². The Kier molecular flexibility index (Phi) is 5.81. The summed E-state index contributed by atoms with van der Waals surface area (Å²) in [6.07, 6.45) is 1.80. The second-order valence-corrected chi connectivity index (χ2v) is 8.65. The molecule has 1 heterocycles. The SMILES string of the molecule is CC(C)CNC(=O)c1ccc(S(=O)(=O)N2CCC(C)CC2)cc1. The molecular formula is C17H26N2O3S. The summed E-state index contributed by atoms with van der Waals surface area (Å²) in [5.41, 5.74) is 0.483. The second kappa shape index (κ2) is 7.45. The lowest BCUT2D eigenvalue weighted by atomic mass is 10.0. The minimum atomic E-state index is -3.45. The predicted octanol–water partition coefficient (Wildman–Crippen LogP) is 2.49. The molecule has 0 spiro atoms. The van der Waals surface area contributed by atoms with Crippen molar-refractivity contribution in [3.63, 3.8) is 0 Å². The molecule has 0 saturated carbocycles. The number of hydrogen-bond donors (Lipinski definition) is 1. The highest BCUT2D eigenvalue weighted by Crippen LogP contribution is 2.23. The van der Waals surface area contributed by atoms with Crippen LogP contribution in [0.2, 0.25) is 0 Å². The molecule has 1 aromatic carbocycles. The Labute approximate surface area is 139 Å². The van der Waals surface area contributed by atoms with Crippen LogP contribution in [0.15, 0.2) is 29.2 Å². The van der Waals surface area contributed by atoms with Gasteiger partial charge in [0.25, 0.3) is 5.91 Å². The van der Waals surface area contributed by atoms with E-state index in [2.05, 4.69) is 12.2 Å². The zero-order valence-electron chi connectivity index (χ0n) is 14.1. The van der Waals surface area contributed by atoms with Crippen LogP contribution in [0.1, 0.15) is 44.0 Å². The van der Waals surface area contributed by atoms with Crippen molar-refractivity contribution < 1.29 is 13.2 Å². The van der Waals surface area contributed by atoms with Gasteiger partial charge in [0.1, 0.15) is 0 Å². The van der Waals surface area contributed by atoms with Gasteiger partial charge in [-0.15, -0.1) is 0 Å². The Morgan fingerprint density at radius 1 is 1.22 bits per heavy atom. The van der Waals surface area contributed by atoms with Crippen molar-refractivity contribution in [2.24, 2.45) is 11.8 Å². The van der Waals surface area contributed by atoms with E-state index in [9.17, 15) is 13.2 Å². The molecular weight excluding hydrogens is 312 g/mol. The fourth-order valence-electron chi connectivity index (χ4n) is 2.55.